The third-order valence-electron chi connectivity index (χ3n) is 3.99. The van der Waals surface area contributed by atoms with Gasteiger partial charge in [-0.3, -0.25) is 0 Å². The van der Waals surface area contributed by atoms with Gasteiger partial charge < -0.3 is 10.2 Å². The van der Waals surface area contributed by atoms with Gasteiger partial charge in [0.15, 0.2) is 0 Å². The molecular weight excluding hydrogens is 279 g/mol. The predicted molar refractivity (Wildman–Crippen MR) is 77.5 cm³/mol. The second-order valence-electron chi connectivity index (χ2n) is 5.74. The average molecular weight is 301 g/mol. The molecular formula is C15H22F3N3. The Bertz CT molecular complexity index is 500. The van der Waals surface area contributed by atoms with Crippen molar-refractivity contribution >= 4 is 5.82 Å². The molecule has 1 aliphatic rings. The van der Waals surface area contributed by atoms with Crippen LogP contribution in [0, 0.1) is 19.8 Å². The number of rotatable bonds is 3. The Morgan fingerprint density at radius 2 is 2.10 bits per heavy atom. The highest BCUT2D eigenvalue weighted by Gasteiger charge is 2.42. The van der Waals surface area contributed by atoms with Gasteiger partial charge in [-0.2, -0.15) is 13.2 Å². The van der Waals surface area contributed by atoms with Crippen molar-refractivity contribution in [2.24, 2.45) is 5.92 Å². The summed E-state index contributed by atoms with van der Waals surface area (Å²) in [6.07, 6.45) is -3.36. The lowest BCUT2D eigenvalue weighted by molar-refractivity contribution is -0.176. The van der Waals surface area contributed by atoms with Crippen LogP contribution >= 0.6 is 0 Å². The zero-order valence-electron chi connectivity index (χ0n) is 12.7. The van der Waals surface area contributed by atoms with Gasteiger partial charge in [-0.15, -0.1) is 0 Å². The summed E-state index contributed by atoms with van der Waals surface area (Å²) in [7, 11) is 1.83. The molecule has 0 saturated carbocycles. The van der Waals surface area contributed by atoms with Crippen molar-refractivity contribution in [3.63, 3.8) is 0 Å². The van der Waals surface area contributed by atoms with Gasteiger partial charge in [-0.1, -0.05) is 0 Å². The zero-order chi connectivity index (χ0) is 15.6. The molecule has 6 heteroatoms. The van der Waals surface area contributed by atoms with E-state index in [4.69, 9.17) is 0 Å². The molecule has 0 aromatic carbocycles. The fraction of sp³-hybridized carbons (Fsp3) is 0.667. The highest BCUT2D eigenvalue weighted by Crippen LogP contribution is 2.35. The van der Waals surface area contributed by atoms with Gasteiger partial charge in [0.2, 0.25) is 0 Å². The summed E-state index contributed by atoms with van der Waals surface area (Å²) in [4.78, 5) is 6.31. The van der Waals surface area contributed by atoms with Crippen molar-refractivity contribution in [1.29, 1.82) is 0 Å². The molecule has 0 radical (unpaired) electrons. The lowest BCUT2D eigenvalue weighted by Gasteiger charge is -2.36. The molecule has 3 nitrogen and oxygen atoms in total. The topological polar surface area (TPSA) is 28.2 Å². The van der Waals surface area contributed by atoms with Gasteiger partial charge in [0, 0.05) is 30.9 Å². The van der Waals surface area contributed by atoms with E-state index in [1.807, 2.05) is 27.0 Å². The number of piperidine rings is 1. The molecule has 0 amide bonds. The first-order valence-corrected chi connectivity index (χ1v) is 7.26. The minimum absolute atomic E-state index is 0.0100. The highest BCUT2D eigenvalue weighted by molar-refractivity contribution is 5.52. The third kappa shape index (κ3) is 3.67. The van der Waals surface area contributed by atoms with Crippen LogP contribution < -0.4 is 10.2 Å². The number of halogens is 3. The molecule has 1 N–H and O–H groups in total. The van der Waals surface area contributed by atoms with Crippen molar-refractivity contribution in [3.05, 3.63) is 22.9 Å². The summed E-state index contributed by atoms with van der Waals surface area (Å²) in [6.45, 7) is 5.12. The van der Waals surface area contributed by atoms with Crippen molar-refractivity contribution in [2.75, 3.05) is 25.0 Å². The summed E-state index contributed by atoms with van der Waals surface area (Å²) >= 11 is 0. The molecule has 2 heterocycles. The van der Waals surface area contributed by atoms with Crippen LogP contribution in [0.3, 0.4) is 0 Å². The number of aromatic nitrogens is 1. The SMILES string of the molecule is CNCc1c(C)cc(C)nc1N1CCCC(C(F)(F)F)C1. The van der Waals surface area contributed by atoms with Crippen LogP contribution in [0.4, 0.5) is 19.0 Å². The summed E-state index contributed by atoms with van der Waals surface area (Å²) in [6, 6.07) is 1.97. The Labute approximate surface area is 123 Å². The van der Waals surface area contributed by atoms with E-state index in [0.717, 1.165) is 16.8 Å². The molecule has 0 aliphatic carbocycles. The molecule has 0 spiro atoms. The largest absolute Gasteiger partial charge is 0.393 e. The maximum absolute atomic E-state index is 13.0. The second kappa shape index (κ2) is 6.22. The molecule has 1 aromatic rings. The fourth-order valence-electron chi connectivity index (χ4n) is 2.94. The summed E-state index contributed by atoms with van der Waals surface area (Å²) in [5.41, 5.74) is 2.91. The standard InChI is InChI=1S/C15H22F3N3/c1-10-7-11(2)20-14(13(10)8-19-3)21-6-4-5-12(9-21)15(16,17)18/h7,12,19H,4-6,8-9H2,1-3H3. The number of nitrogens with one attached hydrogen (secondary N) is 1. The van der Waals surface area contributed by atoms with Crippen LogP contribution in [-0.2, 0) is 6.54 Å². The van der Waals surface area contributed by atoms with Gasteiger partial charge in [0.1, 0.15) is 5.82 Å². The Kier molecular flexibility index (Phi) is 4.76. The predicted octanol–water partition coefficient (Wildman–Crippen LogP) is 3.20. The normalized spacial score (nSPS) is 19.9. The van der Waals surface area contributed by atoms with Crippen molar-refractivity contribution in [1.82, 2.24) is 10.3 Å². The maximum atomic E-state index is 13.0. The van der Waals surface area contributed by atoms with E-state index in [2.05, 4.69) is 10.3 Å². The Hall–Kier alpha value is -1.30. The van der Waals surface area contributed by atoms with E-state index >= 15 is 0 Å². The summed E-state index contributed by atoms with van der Waals surface area (Å²) in [5, 5.41) is 3.08. The highest BCUT2D eigenvalue weighted by atomic mass is 19.4. The van der Waals surface area contributed by atoms with E-state index in [0.29, 0.717) is 25.3 Å². The zero-order valence-corrected chi connectivity index (χ0v) is 12.7. The third-order valence-corrected chi connectivity index (χ3v) is 3.99. The monoisotopic (exact) mass is 301 g/mol. The lowest BCUT2D eigenvalue weighted by Crippen LogP contribution is -2.42. The number of nitrogens with zero attached hydrogens (tertiary/aromatic N) is 2. The molecule has 1 saturated heterocycles. The number of alkyl halides is 3. The molecule has 0 bridgehead atoms. The molecule has 1 atom stereocenters. The van der Waals surface area contributed by atoms with Crippen LogP contribution in [0.2, 0.25) is 0 Å². The Morgan fingerprint density at radius 1 is 1.38 bits per heavy atom. The van der Waals surface area contributed by atoms with Gasteiger partial charge in [-0.25, -0.2) is 4.98 Å². The minimum Gasteiger partial charge on any atom is -0.356 e. The molecule has 1 fully saturated rings. The molecule has 118 valence electrons. The summed E-state index contributed by atoms with van der Waals surface area (Å²) in [5.74, 6) is -0.549. The number of pyridine rings is 1. The first kappa shape index (κ1) is 16.1. The first-order chi connectivity index (χ1) is 9.82. The second-order valence-corrected chi connectivity index (χ2v) is 5.74. The van der Waals surface area contributed by atoms with E-state index in [9.17, 15) is 13.2 Å². The number of hydrogen-bond donors (Lipinski definition) is 1. The van der Waals surface area contributed by atoms with E-state index in [1.165, 1.54) is 0 Å². The van der Waals surface area contributed by atoms with Gasteiger partial charge in [-0.05, 0) is 45.4 Å². The van der Waals surface area contributed by atoms with Crippen LogP contribution in [0.25, 0.3) is 0 Å². The fourth-order valence-corrected chi connectivity index (χ4v) is 2.94. The number of aryl methyl sites for hydroxylation is 2. The molecule has 2 rings (SSSR count). The van der Waals surface area contributed by atoms with Crippen LogP contribution in [0.5, 0.6) is 0 Å². The quantitative estimate of drug-likeness (QED) is 0.929. The van der Waals surface area contributed by atoms with Crippen LogP contribution in [-0.4, -0.2) is 31.3 Å². The Balaban J connectivity index is 2.32. The minimum atomic E-state index is -4.12. The van der Waals surface area contributed by atoms with Crippen molar-refractivity contribution in [3.8, 4) is 0 Å². The van der Waals surface area contributed by atoms with Crippen molar-refractivity contribution < 1.29 is 13.2 Å². The smallest absolute Gasteiger partial charge is 0.356 e. The maximum Gasteiger partial charge on any atom is 0.393 e. The Morgan fingerprint density at radius 3 is 2.71 bits per heavy atom. The van der Waals surface area contributed by atoms with Gasteiger partial charge >= 0.3 is 6.18 Å². The number of hydrogen-bond acceptors (Lipinski definition) is 3. The van der Waals surface area contributed by atoms with Crippen LogP contribution in [0.1, 0.15) is 29.7 Å². The van der Waals surface area contributed by atoms with Crippen molar-refractivity contribution in [2.45, 2.75) is 39.4 Å². The molecule has 1 aliphatic heterocycles. The van der Waals surface area contributed by atoms with Gasteiger partial charge in [0.25, 0.3) is 0 Å². The molecule has 21 heavy (non-hydrogen) atoms. The van der Waals surface area contributed by atoms with E-state index in [1.54, 1.807) is 4.90 Å². The summed E-state index contributed by atoms with van der Waals surface area (Å²) < 4.78 is 38.9. The van der Waals surface area contributed by atoms with E-state index in [-0.39, 0.29) is 13.0 Å². The van der Waals surface area contributed by atoms with Gasteiger partial charge in [0.05, 0.1) is 5.92 Å². The molecule has 1 unspecified atom stereocenters. The number of anilines is 1. The van der Waals surface area contributed by atoms with E-state index < -0.39 is 12.1 Å². The molecule has 1 aromatic heterocycles. The lowest BCUT2D eigenvalue weighted by atomic mass is 9.96. The van der Waals surface area contributed by atoms with Crippen LogP contribution in [0.15, 0.2) is 6.07 Å². The first-order valence-electron chi connectivity index (χ1n) is 7.26. The average Bonchev–Trinajstić information content (AvgIpc) is 2.41.